The lowest BCUT2D eigenvalue weighted by molar-refractivity contribution is 0.0639. The highest BCUT2D eigenvalue weighted by Crippen LogP contribution is 2.18. The van der Waals surface area contributed by atoms with Crippen molar-refractivity contribution in [3.05, 3.63) is 35.4 Å². The molecule has 4 nitrogen and oxygen atoms in total. The number of aliphatic hydroxyl groups excluding tert-OH is 1. The second kappa shape index (κ2) is 8.08. The van der Waals surface area contributed by atoms with E-state index >= 15 is 0 Å². The molecule has 1 amide bonds. The molecule has 22 heavy (non-hydrogen) atoms. The molecule has 0 spiro atoms. The predicted molar refractivity (Wildman–Crippen MR) is 88.1 cm³/mol. The van der Waals surface area contributed by atoms with Crippen molar-refractivity contribution in [2.45, 2.75) is 65.6 Å². The number of aliphatic hydroxyl groups is 1. The van der Waals surface area contributed by atoms with E-state index in [1.165, 1.54) is 0 Å². The fraction of sp³-hybridized carbons (Fsp3) is 0.556. The summed E-state index contributed by atoms with van der Waals surface area (Å²) in [7, 11) is 0. The molecule has 0 saturated heterocycles. The largest absolute Gasteiger partial charge is 0.393 e. The van der Waals surface area contributed by atoms with Crippen molar-refractivity contribution < 1.29 is 14.7 Å². The first kappa shape index (κ1) is 18.4. The average Bonchev–Trinajstić information content (AvgIpc) is 2.43. The fourth-order valence-corrected chi connectivity index (χ4v) is 2.59. The summed E-state index contributed by atoms with van der Waals surface area (Å²) < 4.78 is 0. The molecule has 0 bridgehead atoms. The van der Waals surface area contributed by atoms with Crippen LogP contribution in [-0.2, 0) is 0 Å². The Hall–Kier alpha value is -1.68. The second-order valence-corrected chi connectivity index (χ2v) is 6.26. The molecule has 122 valence electrons. The number of hydrogen-bond acceptors (Lipinski definition) is 3. The molecule has 1 aromatic rings. The molecule has 0 heterocycles. The number of rotatable bonds is 7. The number of benzene rings is 1. The standard InChI is InChI=1S/C18H27NO3/c1-12(2)19(13(3)4)18(22)16-9-7-6-8-15(16)17(21)11-10-14(5)20/h6-9,12-14,20H,10-11H2,1-5H3. The molecule has 0 saturated carbocycles. The van der Waals surface area contributed by atoms with Crippen molar-refractivity contribution in [3.63, 3.8) is 0 Å². The highest BCUT2D eigenvalue weighted by atomic mass is 16.3. The summed E-state index contributed by atoms with van der Waals surface area (Å²) in [5.74, 6) is -0.219. The predicted octanol–water partition coefficient (Wildman–Crippen LogP) is 3.29. The van der Waals surface area contributed by atoms with Gasteiger partial charge < -0.3 is 10.0 Å². The van der Waals surface area contributed by atoms with Gasteiger partial charge in [0.25, 0.3) is 5.91 Å². The zero-order valence-electron chi connectivity index (χ0n) is 14.2. The van der Waals surface area contributed by atoms with Gasteiger partial charge in [0.15, 0.2) is 5.78 Å². The SMILES string of the molecule is CC(O)CCC(=O)c1ccccc1C(=O)N(C(C)C)C(C)C. The Kier molecular flexibility index (Phi) is 6.75. The van der Waals surface area contributed by atoms with Crippen LogP contribution in [0.4, 0.5) is 0 Å². The summed E-state index contributed by atoms with van der Waals surface area (Å²) in [6.07, 6.45) is 0.125. The summed E-state index contributed by atoms with van der Waals surface area (Å²) in [4.78, 5) is 26.9. The molecule has 1 rings (SSSR count). The minimum Gasteiger partial charge on any atom is -0.393 e. The smallest absolute Gasteiger partial charge is 0.255 e. The third-order valence-corrected chi connectivity index (χ3v) is 3.59. The molecule has 1 unspecified atom stereocenters. The van der Waals surface area contributed by atoms with E-state index in [1.54, 1.807) is 36.1 Å². The first-order valence-electron chi connectivity index (χ1n) is 7.88. The van der Waals surface area contributed by atoms with E-state index in [4.69, 9.17) is 0 Å². The first-order chi connectivity index (χ1) is 10.3. The lowest BCUT2D eigenvalue weighted by atomic mass is 9.98. The van der Waals surface area contributed by atoms with E-state index in [1.807, 2.05) is 27.7 Å². The molecule has 1 N–H and O–H groups in total. The molecule has 0 aliphatic carbocycles. The Labute approximate surface area is 133 Å². The van der Waals surface area contributed by atoms with Crippen molar-refractivity contribution in [2.24, 2.45) is 0 Å². The molecule has 1 atom stereocenters. The molecule has 0 radical (unpaired) electrons. The van der Waals surface area contributed by atoms with Crippen LogP contribution in [0.5, 0.6) is 0 Å². The van der Waals surface area contributed by atoms with Gasteiger partial charge >= 0.3 is 0 Å². The normalized spacial score (nSPS) is 12.5. The van der Waals surface area contributed by atoms with Gasteiger partial charge in [-0.2, -0.15) is 0 Å². The van der Waals surface area contributed by atoms with Gasteiger partial charge in [0, 0.05) is 24.1 Å². The molecular weight excluding hydrogens is 278 g/mol. The summed E-state index contributed by atoms with van der Waals surface area (Å²) in [5.41, 5.74) is 0.889. The molecule has 0 aromatic heterocycles. The molecule has 4 heteroatoms. The fourth-order valence-electron chi connectivity index (χ4n) is 2.59. The van der Waals surface area contributed by atoms with Crippen molar-refractivity contribution in [1.82, 2.24) is 4.90 Å². The van der Waals surface area contributed by atoms with Crippen LogP contribution in [0.25, 0.3) is 0 Å². The maximum Gasteiger partial charge on any atom is 0.255 e. The Morgan fingerprint density at radius 2 is 1.50 bits per heavy atom. The van der Waals surface area contributed by atoms with Crippen LogP contribution >= 0.6 is 0 Å². The lowest BCUT2D eigenvalue weighted by Gasteiger charge is -2.31. The van der Waals surface area contributed by atoms with Gasteiger partial charge in [-0.15, -0.1) is 0 Å². The Balaban J connectivity index is 3.10. The maximum absolute atomic E-state index is 12.8. The molecular formula is C18H27NO3. The minimum atomic E-state index is -0.519. The zero-order chi connectivity index (χ0) is 16.9. The zero-order valence-corrected chi connectivity index (χ0v) is 14.2. The Morgan fingerprint density at radius 3 is 1.95 bits per heavy atom. The van der Waals surface area contributed by atoms with Crippen molar-refractivity contribution in [1.29, 1.82) is 0 Å². The van der Waals surface area contributed by atoms with Crippen LogP contribution in [0.1, 0.15) is 68.2 Å². The van der Waals surface area contributed by atoms with Gasteiger partial charge in [-0.3, -0.25) is 9.59 Å². The van der Waals surface area contributed by atoms with Crippen molar-refractivity contribution >= 4 is 11.7 Å². The first-order valence-corrected chi connectivity index (χ1v) is 7.88. The van der Waals surface area contributed by atoms with E-state index in [-0.39, 0.29) is 30.2 Å². The summed E-state index contributed by atoms with van der Waals surface area (Å²) in [6.45, 7) is 9.53. The number of nitrogens with zero attached hydrogens (tertiary/aromatic N) is 1. The molecule has 1 aromatic carbocycles. The van der Waals surface area contributed by atoms with Crippen LogP contribution in [0.15, 0.2) is 24.3 Å². The van der Waals surface area contributed by atoms with Crippen LogP contribution in [0.2, 0.25) is 0 Å². The van der Waals surface area contributed by atoms with E-state index in [9.17, 15) is 14.7 Å². The van der Waals surface area contributed by atoms with Gasteiger partial charge in [0.1, 0.15) is 0 Å². The monoisotopic (exact) mass is 305 g/mol. The van der Waals surface area contributed by atoms with Crippen LogP contribution in [0, 0.1) is 0 Å². The summed E-state index contributed by atoms with van der Waals surface area (Å²) in [5, 5.41) is 9.33. The van der Waals surface area contributed by atoms with Crippen LogP contribution in [-0.4, -0.2) is 39.9 Å². The van der Waals surface area contributed by atoms with Gasteiger partial charge in [-0.25, -0.2) is 0 Å². The molecule has 0 fully saturated rings. The van der Waals surface area contributed by atoms with Crippen molar-refractivity contribution in [3.8, 4) is 0 Å². The van der Waals surface area contributed by atoms with E-state index in [2.05, 4.69) is 0 Å². The third kappa shape index (κ3) is 4.67. The number of ketones is 1. The Bertz CT molecular complexity index is 513. The van der Waals surface area contributed by atoms with E-state index in [0.717, 1.165) is 0 Å². The van der Waals surface area contributed by atoms with E-state index in [0.29, 0.717) is 17.5 Å². The number of hydrogen-bond donors (Lipinski definition) is 1. The van der Waals surface area contributed by atoms with Gasteiger partial charge in [-0.05, 0) is 47.1 Å². The van der Waals surface area contributed by atoms with Crippen molar-refractivity contribution in [2.75, 3.05) is 0 Å². The third-order valence-electron chi connectivity index (χ3n) is 3.59. The number of carbonyl (C=O) groups excluding carboxylic acids is 2. The molecule has 0 aliphatic heterocycles. The number of amides is 1. The summed E-state index contributed by atoms with van der Waals surface area (Å²) in [6, 6.07) is 7.06. The van der Waals surface area contributed by atoms with Crippen LogP contribution < -0.4 is 0 Å². The van der Waals surface area contributed by atoms with Gasteiger partial charge in [-0.1, -0.05) is 18.2 Å². The molecule has 0 aliphatic rings. The summed E-state index contributed by atoms with van der Waals surface area (Å²) >= 11 is 0. The van der Waals surface area contributed by atoms with Gasteiger partial charge in [0.2, 0.25) is 0 Å². The van der Waals surface area contributed by atoms with Gasteiger partial charge in [0.05, 0.1) is 11.7 Å². The minimum absolute atomic E-state index is 0.0631. The van der Waals surface area contributed by atoms with E-state index < -0.39 is 6.10 Å². The highest BCUT2D eigenvalue weighted by molar-refractivity contribution is 6.08. The maximum atomic E-state index is 12.8. The Morgan fingerprint density at radius 1 is 1.00 bits per heavy atom. The second-order valence-electron chi connectivity index (χ2n) is 6.26. The number of carbonyl (C=O) groups is 2. The number of Topliss-reactive ketones (excluding diaryl/α,β-unsaturated/α-hetero) is 1. The van der Waals surface area contributed by atoms with Crippen LogP contribution in [0.3, 0.4) is 0 Å². The lowest BCUT2D eigenvalue weighted by Crippen LogP contribution is -2.42. The quantitative estimate of drug-likeness (QED) is 0.786. The highest BCUT2D eigenvalue weighted by Gasteiger charge is 2.25. The average molecular weight is 305 g/mol. The topological polar surface area (TPSA) is 57.6 Å².